The molecule has 0 unspecified atom stereocenters. The molecule has 0 saturated heterocycles. The molecule has 370 valence electrons. The fraction of sp³-hybridized carbons (Fsp3) is 0.390. The molecular formula is C59H74N4O6Si. The number of ether oxygens (including phenoxy) is 3. The van der Waals surface area contributed by atoms with Crippen LogP contribution in [0.2, 0.25) is 18.1 Å². The zero-order valence-corrected chi connectivity index (χ0v) is 43.5. The van der Waals surface area contributed by atoms with Gasteiger partial charge in [0.25, 0.3) is 0 Å². The first-order valence-corrected chi connectivity index (χ1v) is 27.9. The van der Waals surface area contributed by atoms with Crippen molar-refractivity contribution in [2.24, 2.45) is 0 Å². The van der Waals surface area contributed by atoms with Crippen molar-refractivity contribution in [1.29, 1.82) is 0 Å². The second-order valence-corrected chi connectivity index (χ2v) is 25.9. The van der Waals surface area contributed by atoms with Crippen molar-refractivity contribution in [3.8, 4) is 22.6 Å². The van der Waals surface area contributed by atoms with E-state index in [-0.39, 0.29) is 28.3 Å². The van der Waals surface area contributed by atoms with Crippen LogP contribution in [0.3, 0.4) is 0 Å². The fourth-order valence-electron chi connectivity index (χ4n) is 8.68. The van der Waals surface area contributed by atoms with E-state index in [0.29, 0.717) is 37.1 Å². The number of benzene rings is 5. The second-order valence-electron chi connectivity index (χ2n) is 21.1. The number of H-pyrrole nitrogens is 1. The Bertz CT molecular complexity index is 2700. The molecular weight excluding hydrogens is 889 g/mol. The second kappa shape index (κ2) is 23.8. The summed E-state index contributed by atoms with van der Waals surface area (Å²) in [7, 11) is -2.20. The fourth-order valence-corrected chi connectivity index (χ4v) is 9.96. The number of amides is 1. The predicted octanol–water partition coefficient (Wildman–Crippen LogP) is 13.4. The average molecular weight is 963 g/mol. The maximum Gasteiger partial charge on any atom is 0.411 e. The lowest BCUT2D eigenvalue weighted by molar-refractivity contribution is 0.0762. The number of carbonyl (C=O) groups is 1. The van der Waals surface area contributed by atoms with Gasteiger partial charge in [-0.15, -0.1) is 0 Å². The third kappa shape index (κ3) is 15.0. The van der Waals surface area contributed by atoms with Gasteiger partial charge in [0.15, 0.2) is 8.32 Å². The van der Waals surface area contributed by atoms with Gasteiger partial charge in [-0.05, 0) is 142 Å². The maximum atomic E-state index is 13.2. The highest BCUT2D eigenvalue weighted by molar-refractivity contribution is 6.74. The Hall–Kier alpha value is -5.98. The Morgan fingerprint density at radius 2 is 1.51 bits per heavy atom. The minimum absolute atomic E-state index is 0.00718. The van der Waals surface area contributed by atoms with Crippen LogP contribution in [0.5, 0.6) is 11.5 Å². The van der Waals surface area contributed by atoms with Gasteiger partial charge in [0.2, 0.25) is 5.56 Å². The van der Waals surface area contributed by atoms with Crippen LogP contribution < -0.4 is 31.0 Å². The number of pyridine rings is 1. The van der Waals surface area contributed by atoms with E-state index < -0.39 is 14.4 Å². The summed E-state index contributed by atoms with van der Waals surface area (Å²) in [4.78, 5) is 28.9. The molecule has 4 N–H and O–H groups in total. The van der Waals surface area contributed by atoms with E-state index in [9.17, 15) is 9.59 Å². The van der Waals surface area contributed by atoms with Crippen LogP contribution in [-0.2, 0) is 22.2 Å². The Labute approximate surface area is 416 Å². The van der Waals surface area contributed by atoms with Gasteiger partial charge in [-0.25, -0.2) is 4.79 Å². The number of hydrogen-bond donors (Lipinski definition) is 4. The highest BCUT2D eigenvalue weighted by Crippen LogP contribution is 2.41. The zero-order chi connectivity index (χ0) is 49.7. The molecule has 7 rings (SSSR count). The number of rotatable bonds is 20. The number of hydrogen-bond acceptors (Lipinski definition) is 8. The third-order valence-electron chi connectivity index (χ3n) is 13.4. The normalized spacial score (nSPS) is 16.0. The largest absolute Gasteiger partial charge is 0.493 e. The summed E-state index contributed by atoms with van der Waals surface area (Å²) < 4.78 is 25.5. The van der Waals surface area contributed by atoms with Crippen LogP contribution in [0.15, 0.2) is 138 Å². The molecule has 1 aliphatic rings. The Morgan fingerprint density at radius 3 is 2.21 bits per heavy atom. The zero-order valence-electron chi connectivity index (χ0n) is 42.5. The van der Waals surface area contributed by atoms with Crippen LogP contribution in [0.1, 0.15) is 102 Å². The first kappa shape index (κ1) is 51.9. The molecule has 1 heterocycles. The van der Waals surface area contributed by atoms with Gasteiger partial charge in [0, 0.05) is 35.1 Å². The van der Waals surface area contributed by atoms with Gasteiger partial charge >= 0.3 is 6.09 Å². The van der Waals surface area contributed by atoms with Crippen LogP contribution >= 0.6 is 0 Å². The number of aromatic amines is 1. The first-order chi connectivity index (χ1) is 33.5. The quantitative estimate of drug-likeness (QED) is 0.0441. The molecule has 1 aliphatic carbocycles. The highest BCUT2D eigenvalue weighted by Gasteiger charge is 2.40. The van der Waals surface area contributed by atoms with E-state index in [1.54, 1.807) is 6.07 Å². The lowest BCUT2D eigenvalue weighted by Crippen LogP contribution is -2.46. The smallest absolute Gasteiger partial charge is 0.411 e. The SMILES string of the molecule is CC(C)(C)N[C@H]1CC[C@H](OC(=O)Nc2cc(/C=C/CCOc3ccc(CCNC[C@H](O[Si](C)(C)C(C)(C)C)c4ccc(OCc5ccccc5)c5[nH]c(=O)ccc45)cc3)ccc2-c2ccccc2)CC1. The molecule has 0 aliphatic heterocycles. The van der Waals surface area contributed by atoms with Gasteiger partial charge in [0.05, 0.1) is 23.9 Å². The highest BCUT2D eigenvalue weighted by atomic mass is 28.4. The topological polar surface area (TPSA) is 123 Å². The molecule has 1 aromatic heterocycles. The van der Waals surface area contributed by atoms with E-state index in [2.05, 4.69) is 118 Å². The van der Waals surface area contributed by atoms with Crippen LogP contribution in [0.25, 0.3) is 28.1 Å². The van der Waals surface area contributed by atoms with Crippen molar-refractivity contribution in [2.45, 2.75) is 129 Å². The van der Waals surface area contributed by atoms with E-state index in [1.807, 2.05) is 91.0 Å². The van der Waals surface area contributed by atoms with Gasteiger partial charge < -0.3 is 34.3 Å². The molecule has 6 aromatic rings. The van der Waals surface area contributed by atoms with Gasteiger partial charge in [-0.2, -0.15) is 0 Å². The molecule has 0 bridgehead atoms. The molecule has 5 aromatic carbocycles. The summed E-state index contributed by atoms with van der Waals surface area (Å²) in [6.45, 7) is 20.2. The monoisotopic (exact) mass is 963 g/mol. The molecule has 1 amide bonds. The Kier molecular flexibility index (Phi) is 17.6. The molecule has 1 saturated carbocycles. The number of anilines is 1. The average Bonchev–Trinajstić information content (AvgIpc) is 3.32. The van der Waals surface area contributed by atoms with E-state index >= 15 is 0 Å². The minimum atomic E-state index is -2.20. The number of carbonyl (C=O) groups excluding carboxylic acids is 1. The maximum absolute atomic E-state index is 13.2. The van der Waals surface area contributed by atoms with Crippen molar-refractivity contribution in [1.82, 2.24) is 15.6 Å². The van der Waals surface area contributed by atoms with E-state index in [0.717, 1.165) is 89.7 Å². The van der Waals surface area contributed by atoms with Gasteiger partial charge in [-0.3, -0.25) is 10.1 Å². The lowest BCUT2D eigenvalue weighted by atomic mass is 9.91. The summed E-state index contributed by atoms with van der Waals surface area (Å²) >= 11 is 0. The molecule has 11 heteroatoms. The first-order valence-electron chi connectivity index (χ1n) is 25.0. The van der Waals surface area contributed by atoms with Crippen LogP contribution in [-0.4, -0.2) is 56.8 Å². The third-order valence-corrected chi connectivity index (χ3v) is 17.9. The predicted molar refractivity (Wildman–Crippen MR) is 289 cm³/mol. The summed E-state index contributed by atoms with van der Waals surface area (Å²) in [6.07, 6.45) is 8.65. The van der Waals surface area contributed by atoms with Crippen LogP contribution in [0.4, 0.5) is 10.5 Å². The molecule has 70 heavy (non-hydrogen) atoms. The number of aromatic nitrogens is 1. The molecule has 0 spiro atoms. The molecule has 1 fully saturated rings. The summed E-state index contributed by atoms with van der Waals surface area (Å²) in [6, 6.07) is 42.5. The molecule has 1 atom stereocenters. The number of fused-ring (bicyclic) bond motifs is 1. The van der Waals surface area contributed by atoms with Crippen molar-refractivity contribution in [2.75, 3.05) is 25.0 Å². The van der Waals surface area contributed by atoms with Crippen LogP contribution in [0, 0.1) is 0 Å². The molecule has 10 nitrogen and oxygen atoms in total. The van der Waals surface area contributed by atoms with Crippen molar-refractivity contribution >= 4 is 37.1 Å². The number of nitrogens with one attached hydrogen (secondary N) is 4. The standard InChI is InChI=1S/C59H74N4O6Si/c1-58(2,3)63-46-25-29-48(30-26-46)68-57(65)61-52-39-43(24-31-49(52)45-20-13-10-14-21-45)17-15-16-38-66-47-27-22-42(23-28-47)36-37-60-40-54(69-70(7,8)59(4,5)6)50-32-34-53(56-51(50)33-35-55(64)62-56)67-41-44-18-11-9-12-19-44/h9-15,17-24,27-28,31-35,39,46,48,54,60,63H,16,25-26,29-30,36-38,40-41H2,1-8H3,(H,61,65)(H,62,64)/b17-15+/t46-,48-,54-/m0/s1. The van der Waals surface area contributed by atoms with Gasteiger partial charge in [-0.1, -0.05) is 124 Å². The lowest BCUT2D eigenvalue weighted by Gasteiger charge is -2.39. The summed E-state index contributed by atoms with van der Waals surface area (Å²) in [5.41, 5.74) is 7.51. The minimum Gasteiger partial charge on any atom is -0.493 e. The van der Waals surface area contributed by atoms with Crippen molar-refractivity contribution < 1.29 is 23.4 Å². The Balaban J connectivity index is 0.912. The summed E-state index contributed by atoms with van der Waals surface area (Å²) in [5.74, 6) is 1.46. The van der Waals surface area contributed by atoms with E-state index in [4.69, 9.17) is 18.6 Å². The molecule has 0 radical (unpaired) electrons. The Morgan fingerprint density at radius 1 is 0.800 bits per heavy atom. The van der Waals surface area contributed by atoms with Crippen molar-refractivity contribution in [3.63, 3.8) is 0 Å². The van der Waals surface area contributed by atoms with E-state index in [1.165, 1.54) is 5.56 Å². The summed E-state index contributed by atoms with van der Waals surface area (Å²) in [5, 5.41) is 11.4. The van der Waals surface area contributed by atoms with Crippen molar-refractivity contribution in [3.05, 3.63) is 166 Å². The van der Waals surface area contributed by atoms with Gasteiger partial charge in [0.1, 0.15) is 24.2 Å².